The molecule has 0 spiro atoms. The van der Waals surface area contributed by atoms with Gasteiger partial charge in [0.2, 0.25) is 0 Å². The summed E-state index contributed by atoms with van der Waals surface area (Å²) in [6, 6.07) is 14.2. The molecule has 0 heterocycles. The van der Waals surface area contributed by atoms with Crippen LogP contribution < -0.4 is 5.73 Å². The third kappa shape index (κ3) is 16.4. The molecule has 0 aromatic heterocycles. The third-order valence-electron chi connectivity index (χ3n) is 2.32. The number of benzene rings is 2. The number of hydrogen-bond donors (Lipinski definition) is 1. The predicted molar refractivity (Wildman–Crippen MR) is 130 cm³/mol. The van der Waals surface area contributed by atoms with E-state index in [1.807, 2.05) is 38.1 Å². The van der Waals surface area contributed by atoms with Crippen LogP contribution in [0.1, 0.15) is 11.1 Å². The first-order valence-electron chi connectivity index (χ1n) is 6.00. The van der Waals surface area contributed by atoms with Gasteiger partial charge >= 0.3 is 49.4 Å². The van der Waals surface area contributed by atoms with E-state index in [9.17, 15) is 10.1 Å². The number of anilines is 1. The fraction of sp³-hybridized carbons (Fsp3) is 0.143. The van der Waals surface area contributed by atoms with Crippen molar-refractivity contribution in [3.8, 4) is 0 Å². The van der Waals surface area contributed by atoms with E-state index in [-0.39, 0.29) is 5.69 Å². The van der Waals surface area contributed by atoms with Crippen LogP contribution in [0.25, 0.3) is 0 Å². The van der Waals surface area contributed by atoms with Crippen molar-refractivity contribution in [1.82, 2.24) is 0 Å². The van der Waals surface area contributed by atoms with Gasteiger partial charge in [-0.05, 0) is 26.0 Å². The zero-order valence-electron chi connectivity index (χ0n) is 12.4. The van der Waals surface area contributed by atoms with Gasteiger partial charge in [0.1, 0.15) is 0 Å². The zero-order valence-corrected chi connectivity index (χ0v) is 22.4. The third-order valence-corrected chi connectivity index (χ3v) is 2.32. The standard InChI is InChI=1S/C7H7NO2.C7H9N.I2.2HI.V/c1-6-2-4-7(5-3-6)8(9)10;1-6-2-4-7(8)5-3-6;1-2;;;/h2-5H,1H3;2-5H,8H2,1H3;;2*1H;/q;;;;;+2/p-2. The summed E-state index contributed by atoms with van der Waals surface area (Å²) in [6.45, 7) is 3.93. The Balaban J connectivity index is 0. The van der Waals surface area contributed by atoms with Crippen molar-refractivity contribution in [3.63, 3.8) is 0 Å². The van der Waals surface area contributed by atoms with Crippen LogP contribution in [0.4, 0.5) is 11.4 Å². The van der Waals surface area contributed by atoms with Crippen molar-refractivity contribution in [3.05, 3.63) is 69.8 Å². The number of rotatable bonds is 1. The topological polar surface area (TPSA) is 69.2 Å². The molecule has 23 heavy (non-hydrogen) atoms. The van der Waals surface area contributed by atoms with E-state index in [4.69, 9.17) is 5.73 Å². The van der Waals surface area contributed by atoms with Crippen LogP contribution in [0.15, 0.2) is 48.5 Å². The summed E-state index contributed by atoms with van der Waals surface area (Å²) in [5.41, 5.74) is 8.68. The SMILES string of the molecule is Cc1ccc(N)cc1.Cc1ccc([N+](=O)[O-])cc1.II.[I][V][I]. The van der Waals surface area contributed by atoms with Crippen molar-refractivity contribution in [1.29, 1.82) is 0 Å². The van der Waals surface area contributed by atoms with E-state index < -0.39 is 4.92 Å². The summed E-state index contributed by atoms with van der Waals surface area (Å²) in [5.74, 6) is 0. The molecule has 0 fully saturated rings. The minimum atomic E-state index is -0.403. The first-order valence-corrected chi connectivity index (χ1v) is 21.3. The zero-order chi connectivity index (χ0) is 18.3. The number of nitrogens with zero attached hydrogens (tertiary/aromatic N) is 1. The molecule has 0 amide bonds. The number of halogens is 4. The van der Waals surface area contributed by atoms with Crippen LogP contribution in [-0.4, -0.2) is 4.92 Å². The number of nitro benzene ring substituents is 1. The van der Waals surface area contributed by atoms with Crippen LogP contribution in [0.2, 0.25) is 0 Å². The van der Waals surface area contributed by atoms with Crippen molar-refractivity contribution < 1.29 is 14.4 Å². The van der Waals surface area contributed by atoms with Gasteiger partial charge in [-0.2, -0.15) is 0 Å². The molecule has 0 saturated heterocycles. The van der Waals surface area contributed by atoms with Gasteiger partial charge in [0, 0.05) is 55.1 Å². The Labute approximate surface area is 189 Å². The van der Waals surface area contributed by atoms with Crippen LogP contribution in [0.3, 0.4) is 0 Å². The van der Waals surface area contributed by atoms with Crippen molar-refractivity contribution in [2.45, 2.75) is 13.8 Å². The second-order valence-electron chi connectivity index (χ2n) is 4.07. The molecular weight excluding hydrogens is 787 g/mol. The molecule has 0 atom stereocenters. The maximum absolute atomic E-state index is 10.1. The predicted octanol–water partition coefficient (Wildman–Crippen LogP) is 7.02. The van der Waals surface area contributed by atoms with E-state index in [0.29, 0.717) is 9.47 Å². The van der Waals surface area contributed by atoms with Crippen LogP contribution in [0.5, 0.6) is 0 Å². The molecule has 0 aliphatic carbocycles. The Morgan fingerprint density at radius 3 is 1.48 bits per heavy atom. The van der Waals surface area contributed by atoms with E-state index in [2.05, 4.69) is 77.2 Å². The number of non-ortho nitro benzene ring substituents is 1. The van der Waals surface area contributed by atoms with E-state index in [1.54, 1.807) is 12.1 Å². The Bertz CT molecular complexity index is 518. The molecule has 4 nitrogen and oxygen atoms in total. The number of hydrogen-bond acceptors (Lipinski definition) is 3. The minimum absolute atomic E-state index is 0.144. The van der Waals surface area contributed by atoms with Gasteiger partial charge in [0.05, 0.1) is 4.92 Å². The van der Waals surface area contributed by atoms with Gasteiger partial charge in [-0.3, -0.25) is 10.1 Å². The van der Waals surface area contributed by atoms with E-state index in [1.165, 1.54) is 17.7 Å². The van der Waals surface area contributed by atoms with Crippen molar-refractivity contribution >= 4 is 88.6 Å². The quantitative estimate of drug-likeness (QED) is 0.146. The number of nitrogens with two attached hydrogens (primary N) is 1. The summed E-state index contributed by atoms with van der Waals surface area (Å²) >= 11 is 8.98. The Morgan fingerprint density at radius 1 is 0.913 bits per heavy atom. The summed E-state index contributed by atoms with van der Waals surface area (Å²) in [4.78, 5) is 9.71. The normalized spacial score (nSPS) is 8.09. The molecule has 2 N–H and O–H groups in total. The molecule has 0 unspecified atom stereocenters. The number of aryl methyl sites for hydroxylation is 2. The number of nitro groups is 1. The average Bonchev–Trinajstić information content (AvgIpc) is 2.54. The van der Waals surface area contributed by atoms with Crippen molar-refractivity contribution in [2.75, 3.05) is 5.73 Å². The Morgan fingerprint density at radius 2 is 1.22 bits per heavy atom. The van der Waals surface area contributed by atoms with Gasteiger partial charge < -0.3 is 5.73 Å². The molecule has 127 valence electrons. The fourth-order valence-corrected chi connectivity index (χ4v) is 1.23. The maximum atomic E-state index is 10.1. The summed E-state index contributed by atoms with van der Waals surface area (Å²) in [7, 11) is 0.628. The molecule has 2 aromatic carbocycles. The molecule has 0 bridgehead atoms. The fourth-order valence-electron chi connectivity index (χ4n) is 1.23. The summed E-state index contributed by atoms with van der Waals surface area (Å²) in [5, 5.41) is 10.1. The van der Waals surface area contributed by atoms with Crippen LogP contribution in [-0.2, 0) is 9.47 Å². The monoisotopic (exact) mass is 803 g/mol. The van der Waals surface area contributed by atoms with E-state index >= 15 is 0 Å². The number of nitrogen functional groups attached to an aromatic ring is 1. The van der Waals surface area contributed by atoms with Gasteiger partial charge in [-0.1, -0.05) is 35.4 Å². The summed E-state index contributed by atoms with van der Waals surface area (Å²) in [6.07, 6.45) is 0. The molecule has 0 radical (unpaired) electrons. The molecule has 2 rings (SSSR count). The molecule has 0 aliphatic rings. The second-order valence-corrected chi connectivity index (χ2v) is 15.9. The average molecular weight is 803 g/mol. The molecule has 0 aliphatic heterocycles. The summed E-state index contributed by atoms with van der Waals surface area (Å²) < 4.78 is 0. The van der Waals surface area contributed by atoms with E-state index in [0.717, 1.165) is 11.3 Å². The Hall–Kier alpha value is 1.14. The molecular formula is C14H16I4N2O2V. The van der Waals surface area contributed by atoms with Gasteiger partial charge in [0.25, 0.3) is 5.69 Å². The van der Waals surface area contributed by atoms with Gasteiger partial charge in [-0.15, -0.1) is 0 Å². The van der Waals surface area contributed by atoms with Gasteiger partial charge in [-0.25, -0.2) is 0 Å². The molecule has 9 heteroatoms. The molecule has 2 aromatic rings. The van der Waals surface area contributed by atoms with Crippen LogP contribution in [0, 0.1) is 24.0 Å². The first-order chi connectivity index (χ1) is 10.9. The van der Waals surface area contributed by atoms with Crippen molar-refractivity contribution in [2.24, 2.45) is 0 Å². The first kappa shape index (κ1) is 26.4. The second kappa shape index (κ2) is 18.0. The van der Waals surface area contributed by atoms with Gasteiger partial charge in [0.15, 0.2) is 0 Å². The molecule has 0 saturated carbocycles. The Kier molecular flexibility index (Phi) is 20.6. The van der Waals surface area contributed by atoms with Crippen LogP contribution >= 0.6 is 77.2 Å².